The lowest BCUT2D eigenvalue weighted by Gasteiger charge is -2.29. The molecule has 0 saturated carbocycles. The summed E-state index contributed by atoms with van der Waals surface area (Å²) in [6.07, 6.45) is 2.26. The van der Waals surface area contributed by atoms with Crippen LogP contribution in [0.5, 0.6) is 0 Å². The maximum Gasteiger partial charge on any atom is 0.317 e. The number of carbonyl (C=O) groups is 1. The number of aryl methyl sites for hydroxylation is 1. The lowest BCUT2D eigenvalue weighted by molar-refractivity contribution is -0.147. The minimum Gasteiger partial charge on any atom is -0.468 e. The highest BCUT2D eigenvalue weighted by molar-refractivity contribution is 5.84. The lowest BCUT2D eigenvalue weighted by atomic mass is 9.76. The fourth-order valence-corrected chi connectivity index (χ4v) is 2.38. The average Bonchev–Trinajstić information content (AvgIpc) is 2.90. The molecule has 1 heterocycles. The first-order chi connectivity index (χ1) is 9.62. The predicted molar refractivity (Wildman–Crippen MR) is 76.1 cm³/mol. The summed E-state index contributed by atoms with van der Waals surface area (Å²) < 4.78 is 6.69. The molecule has 0 fully saturated rings. The molecule has 20 heavy (non-hydrogen) atoms. The van der Waals surface area contributed by atoms with Crippen molar-refractivity contribution in [3.05, 3.63) is 53.9 Å². The van der Waals surface area contributed by atoms with E-state index in [0.29, 0.717) is 6.42 Å². The van der Waals surface area contributed by atoms with Crippen LogP contribution in [-0.2, 0) is 28.4 Å². The molecule has 0 amide bonds. The standard InChI is InChI=1S/C15H19N3O2/c1-18-9-8-13(17-18)10-15(11-16,14(19)20-2)12-6-4-3-5-7-12/h3-9H,10-11,16H2,1-2H3. The second-order valence-electron chi connectivity index (χ2n) is 4.80. The molecule has 0 aliphatic carbocycles. The Labute approximate surface area is 118 Å². The number of carbonyl (C=O) groups excluding carboxylic acids is 1. The number of rotatable bonds is 5. The summed E-state index contributed by atoms with van der Waals surface area (Å²) in [5.74, 6) is -0.336. The van der Waals surface area contributed by atoms with Crippen molar-refractivity contribution in [1.82, 2.24) is 9.78 Å². The Bertz CT molecular complexity index is 580. The van der Waals surface area contributed by atoms with Gasteiger partial charge in [0.1, 0.15) is 5.41 Å². The van der Waals surface area contributed by atoms with Gasteiger partial charge < -0.3 is 10.5 Å². The first kappa shape index (κ1) is 14.3. The zero-order chi connectivity index (χ0) is 14.6. The van der Waals surface area contributed by atoms with E-state index < -0.39 is 5.41 Å². The van der Waals surface area contributed by atoms with E-state index in [9.17, 15) is 4.79 Å². The van der Waals surface area contributed by atoms with Crippen LogP contribution in [0.3, 0.4) is 0 Å². The predicted octanol–water partition coefficient (Wildman–Crippen LogP) is 1.03. The van der Waals surface area contributed by atoms with Gasteiger partial charge in [-0.3, -0.25) is 9.48 Å². The molecule has 2 rings (SSSR count). The highest BCUT2D eigenvalue weighted by Crippen LogP contribution is 2.28. The van der Waals surface area contributed by atoms with E-state index >= 15 is 0 Å². The van der Waals surface area contributed by atoms with Gasteiger partial charge in [0, 0.05) is 26.2 Å². The van der Waals surface area contributed by atoms with Crippen molar-refractivity contribution in [2.75, 3.05) is 13.7 Å². The molecule has 1 aromatic carbocycles. The van der Waals surface area contributed by atoms with Crippen LogP contribution in [0.1, 0.15) is 11.3 Å². The summed E-state index contributed by atoms with van der Waals surface area (Å²) in [4.78, 5) is 12.3. The molecule has 0 radical (unpaired) electrons. The summed E-state index contributed by atoms with van der Waals surface area (Å²) >= 11 is 0. The van der Waals surface area contributed by atoms with Gasteiger partial charge in [0.2, 0.25) is 0 Å². The maximum atomic E-state index is 12.3. The molecule has 0 bridgehead atoms. The van der Waals surface area contributed by atoms with Crippen molar-refractivity contribution in [2.24, 2.45) is 12.8 Å². The molecule has 1 aromatic heterocycles. The Morgan fingerprint density at radius 2 is 2.05 bits per heavy atom. The Morgan fingerprint density at radius 1 is 1.35 bits per heavy atom. The van der Waals surface area contributed by atoms with Crippen LogP contribution in [0.4, 0.5) is 0 Å². The number of esters is 1. The second kappa shape index (κ2) is 5.88. The number of nitrogens with zero attached hydrogens (tertiary/aromatic N) is 2. The molecule has 2 aromatic rings. The number of ether oxygens (including phenoxy) is 1. The Hall–Kier alpha value is -2.14. The summed E-state index contributed by atoms with van der Waals surface area (Å²) in [5, 5.41) is 4.34. The summed E-state index contributed by atoms with van der Waals surface area (Å²) in [6.45, 7) is 0.167. The molecular formula is C15H19N3O2. The number of methoxy groups -OCH3 is 1. The quantitative estimate of drug-likeness (QED) is 0.826. The minimum atomic E-state index is -0.898. The van der Waals surface area contributed by atoms with Crippen LogP contribution in [0.2, 0.25) is 0 Å². The normalized spacial score (nSPS) is 13.8. The van der Waals surface area contributed by atoms with Crippen LogP contribution in [-0.4, -0.2) is 29.4 Å². The summed E-state index contributed by atoms with van der Waals surface area (Å²) in [5.41, 5.74) is 6.70. The van der Waals surface area contributed by atoms with Crippen LogP contribution >= 0.6 is 0 Å². The largest absolute Gasteiger partial charge is 0.468 e. The van der Waals surface area contributed by atoms with Crippen molar-refractivity contribution >= 4 is 5.97 Å². The van der Waals surface area contributed by atoms with E-state index in [-0.39, 0.29) is 12.5 Å². The Balaban J connectivity index is 2.45. The maximum absolute atomic E-state index is 12.3. The minimum absolute atomic E-state index is 0.167. The third-order valence-corrected chi connectivity index (χ3v) is 3.50. The average molecular weight is 273 g/mol. The van der Waals surface area contributed by atoms with Crippen LogP contribution in [0.25, 0.3) is 0 Å². The summed E-state index contributed by atoms with van der Waals surface area (Å²) in [7, 11) is 3.22. The lowest BCUT2D eigenvalue weighted by Crippen LogP contribution is -2.45. The van der Waals surface area contributed by atoms with Gasteiger partial charge in [0.05, 0.1) is 12.8 Å². The summed E-state index contributed by atoms with van der Waals surface area (Å²) in [6, 6.07) is 11.4. The molecule has 2 N–H and O–H groups in total. The first-order valence-electron chi connectivity index (χ1n) is 6.45. The van der Waals surface area contributed by atoms with E-state index in [4.69, 9.17) is 10.5 Å². The van der Waals surface area contributed by atoms with Crippen molar-refractivity contribution in [3.63, 3.8) is 0 Å². The van der Waals surface area contributed by atoms with Crippen molar-refractivity contribution < 1.29 is 9.53 Å². The molecule has 0 saturated heterocycles. The first-order valence-corrected chi connectivity index (χ1v) is 6.45. The molecule has 5 nitrogen and oxygen atoms in total. The van der Waals surface area contributed by atoms with Crippen LogP contribution in [0, 0.1) is 0 Å². The number of hydrogen-bond acceptors (Lipinski definition) is 4. The molecule has 5 heteroatoms. The van der Waals surface area contributed by atoms with Gasteiger partial charge in [-0.1, -0.05) is 30.3 Å². The second-order valence-corrected chi connectivity index (χ2v) is 4.80. The van der Waals surface area contributed by atoms with Gasteiger partial charge in [-0.2, -0.15) is 5.10 Å². The fourth-order valence-electron chi connectivity index (χ4n) is 2.38. The number of benzene rings is 1. The zero-order valence-corrected chi connectivity index (χ0v) is 11.7. The van der Waals surface area contributed by atoms with Gasteiger partial charge >= 0.3 is 5.97 Å². The van der Waals surface area contributed by atoms with Gasteiger partial charge in [-0.15, -0.1) is 0 Å². The monoisotopic (exact) mass is 273 g/mol. The number of aromatic nitrogens is 2. The molecule has 1 unspecified atom stereocenters. The molecule has 0 spiro atoms. The van der Waals surface area contributed by atoms with Crippen LogP contribution < -0.4 is 5.73 Å². The van der Waals surface area contributed by atoms with Gasteiger partial charge in [-0.25, -0.2) is 0 Å². The molecule has 1 atom stereocenters. The molecular weight excluding hydrogens is 254 g/mol. The molecule has 0 aliphatic heterocycles. The highest BCUT2D eigenvalue weighted by atomic mass is 16.5. The van der Waals surface area contributed by atoms with Gasteiger partial charge in [0.25, 0.3) is 0 Å². The van der Waals surface area contributed by atoms with Gasteiger partial charge in [0.15, 0.2) is 0 Å². The van der Waals surface area contributed by atoms with E-state index in [1.165, 1.54) is 7.11 Å². The van der Waals surface area contributed by atoms with Crippen molar-refractivity contribution in [1.29, 1.82) is 0 Å². The SMILES string of the molecule is COC(=O)C(CN)(Cc1ccn(C)n1)c1ccccc1. The van der Waals surface area contributed by atoms with Crippen LogP contribution in [0.15, 0.2) is 42.6 Å². The molecule has 0 aliphatic rings. The van der Waals surface area contributed by atoms with E-state index in [0.717, 1.165) is 11.3 Å². The zero-order valence-electron chi connectivity index (χ0n) is 11.7. The van der Waals surface area contributed by atoms with Crippen molar-refractivity contribution in [3.8, 4) is 0 Å². The van der Waals surface area contributed by atoms with E-state index in [1.807, 2.05) is 49.6 Å². The smallest absolute Gasteiger partial charge is 0.317 e. The number of hydrogen-bond donors (Lipinski definition) is 1. The van der Waals surface area contributed by atoms with Crippen molar-refractivity contribution in [2.45, 2.75) is 11.8 Å². The third-order valence-electron chi connectivity index (χ3n) is 3.50. The van der Waals surface area contributed by atoms with E-state index in [1.54, 1.807) is 4.68 Å². The molecule has 106 valence electrons. The highest BCUT2D eigenvalue weighted by Gasteiger charge is 2.41. The fraction of sp³-hybridized carbons (Fsp3) is 0.333. The van der Waals surface area contributed by atoms with E-state index in [2.05, 4.69) is 5.10 Å². The van der Waals surface area contributed by atoms with Gasteiger partial charge in [-0.05, 0) is 11.6 Å². The number of nitrogens with two attached hydrogens (primary N) is 1. The topological polar surface area (TPSA) is 70.1 Å². The third kappa shape index (κ3) is 2.58. The Morgan fingerprint density at radius 3 is 2.55 bits per heavy atom. The Kier molecular flexibility index (Phi) is 4.20.